The molecule has 0 spiro atoms. The maximum absolute atomic E-state index is 13.8. The molecule has 6 nitrogen and oxygen atoms in total. The Hall–Kier alpha value is -1.55. The van der Waals surface area contributed by atoms with E-state index in [1.807, 2.05) is 4.90 Å². The van der Waals surface area contributed by atoms with E-state index >= 15 is 0 Å². The number of carbonyl (C=O) groups excluding carboxylic acids is 1. The molecule has 2 aromatic rings. The summed E-state index contributed by atoms with van der Waals surface area (Å²) in [5.41, 5.74) is 0.410. The van der Waals surface area contributed by atoms with Gasteiger partial charge in [-0.1, -0.05) is 29.0 Å². The molecule has 0 saturated carbocycles. The molecule has 0 radical (unpaired) electrons. The number of nitrogens with zero attached hydrogens (tertiary/aromatic N) is 3. The van der Waals surface area contributed by atoms with E-state index in [1.165, 1.54) is 10.7 Å². The summed E-state index contributed by atoms with van der Waals surface area (Å²) < 4.78 is 20.6. The van der Waals surface area contributed by atoms with E-state index in [-0.39, 0.29) is 12.4 Å². The molecule has 1 heterocycles. The number of benzene rings is 1. The first kappa shape index (κ1) is 18.8. The highest BCUT2D eigenvalue weighted by Gasteiger charge is 2.13. The highest BCUT2D eigenvalue weighted by Crippen LogP contribution is 2.21. The molecule has 24 heavy (non-hydrogen) atoms. The van der Waals surface area contributed by atoms with E-state index in [1.54, 1.807) is 26.1 Å². The van der Waals surface area contributed by atoms with E-state index in [9.17, 15) is 9.18 Å². The van der Waals surface area contributed by atoms with Crippen molar-refractivity contribution >= 4 is 46.4 Å². The topological polar surface area (TPSA) is 59.4 Å². The van der Waals surface area contributed by atoms with Gasteiger partial charge >= 0.3 is 6.09 Å². The summed E-state index contributed by atoms with van der Waals surface area (Å²) in [4.78, 5) is 13.2. The molecule has 130 valence electrons. The lowest BCUT2D eigenvalue weighted by Gasteiger charge is -2.17. The van der Waals surface area contributed by atoms with Gasteiger partial charge in [0.2, 0.25) is 5.13 Å². The molecule has 10 heteroatoms. The van der Waals surface area contributed by atoms with Crippen molar-refractivity contribution in [3.05, 3.63) is 38.6 Å². The first-order chi connectivity index (χ1) is 11.4. The number of carbonyl (C=O) groups is 1. The number of anilines is 1. The second kappa shape index (κ2) is 8.52. The fourth-order valence-electron chi connectivity index (χ4n) is 1.93. The molecular formula is C14H16ClFN4O2S2. The van der Waals surface area contributed by atoms with Crippen LogP contribution in [-0.2, 0) is 18.0 Å². The molecule has 2 rings (SSSR count). The summed E-state index contributed by atoms with van der Waals surface area (Å²) in [7, 11) is 1.79. The van der Waals surface area contributed by atoms with Gasteiger partial charge in [-0.05, 0) is 38.3 Å². The van der Waals surface area contributed by atoms with Crippen LogP contribution in [0.25, 0.3) is 0 Å². The van der Waals surface area contributed by atoms with Gasteiger partial charge in [-0.15, -0.1) is 5.10 Å². The maximum atomic E-state index is 13.8. The summed E-state index contributed by atoms with van der Waals surface area (Å²) in [6.45, 7) is 2.60. The third-order valence-corrected chi connectivity index (χ3v) is 4.53. The Morgan fingerprint density at radius 1 is 1.58 bits per heavy atom. The first-order valence-electron chi connectivity index (χ1n) is 7.04. The fraction of sp³-hybridized carbons (Fsp3) is 0.357. The fourth-order valence-corrected chi connectivity index (χ4v) is 3.13. The van der Waals surface area contributed by atoms with Crippen molar-refractivity contribution in [2.24, 2.45) is 0 Å². The Balaban J connectivity index is 2.04. The molecule has 1 amide bonds. The van der Waals surface area contributed by atoms with Crippen molar-refractivity contribution < 1.29 is 13.9 Å². The van der Waals surface area contributed by atoms with Gasteiger partial charge in [0.1, 0.15) is 5.82 Å². The molecule has 1 aromatic heterocycles. The van der Waals surface area contributed by atoms with E-state index in [0.29, 0.717) is 32.9 Å². The van der Waals surface area contributed by atoms with E-state index in [4.69, 9.17) is 28.6 Å². The van der Waals surface area contributed by atoms with E-state index in [2.05, 4.69) is 10.4 Å². The minimum atomic E-state index is -0.583. The number of hydrogen-bond donors (Lipinski definition) is 1. The molecule has 0 aliphatic carbocycles. The summed E-state index contributed by atoms with van der Waals surface area (Å²) in [5.74, 6) is -0.360. The van der Waals surface area contributed by atoms with Crippen LogP contribution >= 0.6 is 35.2 Å². The normalized spacial score (nSPS) is 10.9. The Labute approximate surface area is 152 Å². The average molecular weight is 391 g/mol. The van der Waals surface area contributed by atoms with Crippen molar-refractivity contribution in [2.75, 3.05) is 19.0 Å². The molecule has 0 bridgehead atoms. The van der Waals surface area contributed by atoms with Gasteiger partial charge in [-0.3, -0.25) is 10.2 Å². The zero-order valence-corrected chi connectivity index (χ0v) is 15.5. The third-order valence-electron chi connectivity index (χ3n) is 2.96. The van der Waals surface area contributed by atoms with Crippen LogP contribution in [0.2, 0.25) is 5.02 Å². The third kappa shape index (κ3) is 4.97. The Kier molecular flexibility index (Phi) is 6.67. The molecule has 0 aliphatic rings. The van der Waals surface area contributed by atoms with Crippen LogP contribution in [0.4, 0.5) is 14.3 Å². The maximum Gasteiger partial charge on any atom is 0.413 e. The molecule has 0 unspecified atom stereocenters. The zero-order valence-electron chi connectivity index (χ0n) is 13.1. The Morgan fingerprint density at radius 3 is 3.00 bits per heavy atom. The van der Waals surface area contributed by atoms with Crippen LogP contribution < -0.4 is 5.32 Å². The number of nitrogens with one attached hydrogen (secondary N) is 1. The lowest BCUT2D eigenvalue weighted by molar-refractivity contribution is 0.168. The second-order valence-corrected chi connectivity index (χ2v) is 6.90. The van der Waals surface area contributed by atoms with Crippen LogP contribution in [0.15, 0.2) is 18.2 Å². The van der Waals surface area contributed by atoms with E-state index in [0.717, 1.165) is 11.3 Å². The SMILES string of the molecule is CCOC(=O)Nc1nn(CN(C)Cc2c(F)cccc2Cl)c(=S)s1. The standard InChI is InChI=1S/C14H16ClFN4O2S2/c1-3-22-13(21)17-12-18-20(14(23)24-12)8-19(2)7-9-10(15)5-4-6-11(9)16/h4-6H,3,7-8H2,1-2H3,(H,17,18,21). The van der Waals surface area contributed by atoms with Gasteiger partial charge < -0.3 is 4.74 Å². The monoisotopic (exact) mass is 390 g/mol. The molecular weight excluding hydrogens is 375 g/mol. The number of aromatic nitrogens is 2. The zero-order chi connectivity index (χ0) is 17.7. The highest BCUT2D eigenvalue weighted by atomic mass is 35.5. The van der Waals surface area contributed by atoms with E-state index < -0.39 is 6.09 Å². The Bertz CT molecular complexity index is 760. The van der Waals surface area contributed by atoms with Crippen LogP contribution in [0, 0.1) is 9.77 Å². The minimum Gasteiger partial charge on any atom is -0.450 e. The van der Waals surface area contributed by atoms with Crippen molar-refractivity contribution in [3.8, 4) is 0 Å². The van der Waals surface area contributed by atoms with Crippen molar-refractivity contribution in [3.63, 3.8) is 0 Å². The minimum absolute atomic E-state index is 0.268. The van der Waals surface area contributed by atoms with Crippen LogP contribution in [0.1, 0.15) is 12.5 Å². The number of amides is 1. The van der Waals surface area contributed by atoms with Crippen LogP contribution in [0.3, 0.4) is 0 Å². The summed E-state index contributed by atoms with van der Waals surface area (Å²) in [6, 6.07) is 4.57. The summed E-state index contributed by atoms with van der Waals surface area (Å²) >= 11 is 12.4. The van der Waals surface area contributed by atoms with Gasteiger partial charge in [-0.2, -0.15) is 0 Å². The van der Waals surface area contributed by atoms with Gasteiger partial charge in [0.15, 0.2) is 3.95 Å². The molecule has 0 fully saturated rings. The smallest absolute Gasteiger partial charge is 0.413 e. The number of halogens is 2. The molecule has 0 saturated heterocycles. The Morgan fingerprint density at radius 2 is 2.33 bits per heavy atom. The predicted molar refractivity (Wildman–Crippen MR) is 94.5 cm³/mol. The number of ether oxygens (including phenoxy) is 1. The number of hydrogen-bond acceptors (Lipinski definition) is 6. The quantitative estimate of drug-likeness (QED) is 0.751. The first-order valence-corrected chi connectivity index (χ1v) is 8.64. The summed E-state index contributed by atoms with van der Waals surface area (Å²) in [6.07, 6.45) is -0.583. The van der Waals surface area contributed by atoms with Crippen molar-refractivity contribution in [1.29, 1.82) is 0 Å². The second-order valence-electron chi connectivity index (χ2n) is 4.87. The van der Waals surface area contributed by atoms with Crippen molar-refractivity contribution in [1.82, 2.24) is 14.7 Å². The van der Waals surface area contributed by atoms with Crippen LogP contribution in [-0.4, -0.2) is 34.4 Å². The van der Waals surface area contributed by atoms with Crippen molar-refractivity contribution in [2.45, 2.75) is 20.1 Å². The molecule has 0 atom stereocenters. The lowest BCUT2D eigenvalue weighted by atomic mass is 10.2. The van der Waals surface area contributed by atoms with Crippen LogP contribution in [0.5, 0.6) is 0 Å². The molecule has 0 aliphatic heterocycles. The summed E-state index contributed by atoms with van der Waals surface area (Å²) in [5, 5.41) is 7.43. The lowest BCUT2D eigenvalue weighted by Crippen LogP contribution is -2.23. The highest BCUT2D eigenvalue weighted by molar-refractivity contribution is 7.73. The largest absolute Gasteiger partial charge is 0.450 e. The average Bonchev–Trinajstić information content (AvgIpc) is 2.83. The molecule has 1 N–H and O–H groups in total. The van der Waals surface area contributed by atoms with Gasteiger partial charge in [-0.25, -0.2) is 13.9 Å². The molecule has 1 aromatic carbocycles. The van der Waals surface area contributed by atoms with Gasteiger partial charge in [0.25, 0.3) is 0 Å². The number of rotatable bonds is 6. The van der Waals surface area contributed by atoms with Gasteiger partial charge in [0.05, 0.1) is 13.3 Å². The van der Waals surface area contributed by atoms with Gasteiger partial charge in [0, 0.05) is 17.1 Å². The predicted octanol–water partition coefficient (Wildman–Crippen LogP) is 4.12.